The molecule has 3 aromatic rings. The molecule has 136 valence electrons. The van der Waals surface area contributed by atoms with Gasteiger partial charge in [0.25, 0.3) is 0 Å². The van der Waals surface area contributed by atoms with E-state index in [1.165, 1.54) is 11.1 Å². The number of piperidine rings is 1. The zero-order valence-corrected chi connectivity index (χ0v) is 15.1. The van der Waals surface area contributed by atoms with E-state index in [2.05, 4.69) is 42.0 Å². The van der Waals surface area contributed by atoms with Gasteiger partial charge in [0, 0.05) is 24.7 Å². The number of aromatic nitrogens is 2. The summed E-state index contributed by atoms with van der Waals surface area (Å²) < 4.78 is 7.82. The zero-order chi connectivity index (χ0) is 18.3. The van der Waals surface area contributed by atoms with Crippen molar-refractivity contribution in [2.24, 2.45) is 0 Å². The SMILES string of the molecule is Cc1cc2cc(CN3CCC(n4ccc(C(=O)O)n4)CC3)oc2cc1C. The van der Waals surface area contributed by atoms with E-state index in [1.807, 2.05) is 0 Å². The minimum atomic E-state index is -0.975. The maximum absolute atomic E-state index is 11.0. The molecule has 4 rings (SSSR count). The van der Waals surface area contributed by atoms with Crippen LogP contribution >= 0.6 is 0 Å². The van der Waals surface area contributed by atoms with Crippen LogP contribution in [0.25, 0.3) is 11.0 Å². The van der Waals surface area contributed by atoms with Crippen LogP contribution in [0.3, 0.4) is 0 Å². The van der Waals surface area contributed by atoms with Gasteiger partial charge in [-0.2, -0.15) is 5.10 Å². The third kappa shape index (κ3) is 3.24. The molecule has 1 aromatic carbocycles. The first-order valence-electron chi connectivity index (χ1n) is 9.00. The highest BCUT2D eigenvalue weighted by atomic mass is 16.4. The summed E-state index contributed by atoms with van der Waals surface area (Å²) in [6.45, 7) is 6.92. The average Bonchev–Trinajstić information content (AvgIpc) is 3.23. The van der Waals surface area contributed by atoms with Gasteiger partial charge in [0.2, 0.25) is 0 Å². The number of hydrogen-bond acceptors (Lipinski definition) is 4. The molecule has 0 aliphatic carbocycles. The smallest absolute Gasteiger partial charge is 0.356 e. The van der Waals surface area contributed by atoms with Gasteiger partial charge in [-0.1, -0.05) is 0 Å². The van der Waals surface area contributed by atoms with Crippen LogP contribution in [-0.4, -0.2) is 38.8 Å². The Kier molecular flexibility index (Phi) is 4.28. The summed E-state index contributed by atoms with van der Waals surface area (Å²) in [5.41, 5.74) is 3.60. The number of hydrogen-bond donors (Lipinski definition) is 1. The van der Waals surface area contributed by atoms with Crippen LogP contribution in [0.4, 0.5) is 0 Å². The van der Waals surface area contributed by atoms with Crippen LogP contribution in [0, 0.1) is 13.8 Å². The van der Waals surface area contributed by atoms with Crippen molar-refractivity contribution >= 4 is 16.9 Å². The molecule has 1 aliphatic rings. The van der Waals surface area contributed by atoms with E-state index >= 15 is 0 Å². The van der Waals surface area contributed by atoms with Crippen molar-refractivity contribution in [2.45, 2.75) is 39.3 Å². The first-order valence-corrected chi connectivity index (χ1v) is 9.00. The van der Waals surface area contributed by atoms with Crippen molar-refractivity contribution in [1.29, 1.82) is 0 Å². The number of rotatable bonds is 4. The number of fused-ring (bicyclic) bond motifs is 1. The summed E-state index contributed by atoms with van der Waals surface area (Å²) in [6, 6.07) is 8.26. The Morgan fingerprint density at radius 3 is 2.65 bits per heavy atom. The lowest BCUT2D eigenvalue weighted by atomic mass is 10.1. The highest BCUT2D eigenvalue weighted by molar-refractivity contribution is 5.85. The molecule has 0 amide bonds. The second-order valence-electron chi connectivity index (χ2n) is 7.18. The van der Waals surface area contributed by atoms with Crippen LogP contribution in [0.1, 0.15) is 46.3 Å². The molecule has 0 radical (unpaired) electrons. The number of nitrogens with zero attached hydrogens (tertiary/aromatic N) is 3. The third-order valence-corrected chi connectivity index (χ3v) is 5.32. The summed E-state index contributed by atoms with van der Waals surface area (Å²) in [5.74, 6) is 0.0206. The Morgan fingerprint density at radius 1 is 1.23 bits per heavy atom. The predicted molar refractivity (Wildman–Crippen MR) is 98.4 cm³/mol. The number of furan rings is 1. The van der Waals surface area contributed by atoms with Gasteiger partial charge in [-0.25, -0.2) is 4.79 Å². The Hall–Kier alpha value is -2.60. The fraction of sp³-hybridized carbons (Fsp3) is 0.400. The van der Waals surface area contributed by atoms with E-state index in [-0.39, 0.29) is 11.7 Å². The van der Waals surface area contributed by atoms with Crippen molar-refractivity contribution in [3.8, 4) is 0 Å². The molecule has 1 aliphatic heterocycles. The van der Waals surface area contributed by atoms with Gasteiger partial charge in [-0.3, -0.25) is 9.58 Å². The minimum Gasteiger partial charge on any atom is -0.476 e. The van der Waals surface area contributed by atoms with Gasteiger partial charge in [0.15, 0.2) is 5.69 Å². The van der Waals surface area contributed by atoms with Crippen LogP contribution in [0.2, 0.25) is 0 Å². The third-order valence-electron chi connectivity index (χ3n) is 5.32. The van der Waals surface area contributed by atoms with E-state index in [9.17, 15) is 4.79 Å². The molecule has 1 N–H and O–H groups in total. The van der Waals surface area contributed by atoms with Gasteiger partial charge in [0.1, 0.15) is 11.3 Å². The van der Waals surface area contributed by atoms with Gasteiger partial charge < -0.3 is 9.52 Å². The van der Waals surface area contributed by atoms with Crippen LogP contribution < -0.4 is 0 Å². The Balaban J connectivity index is 1.39. The first kappa shape index (κ1) is 16.8. The fourth-order valence-corrected chi connectivity index (χ4v) is 3.65. The molecular formula is C20H23N3O3. The fourth-order valence-electron chi connectivity index (χ4n) is 3.65. The van der Waals surface area contributed by atoms with Crippen molar-refractivity contribution in [2.75, 3.05) is 13.1 Å². The second-order valence-corrected chi connectivity index (χ2v) is 7.18. The maximum Gasteiger partial charge on any atom is 0.356 e. The standard InChI is InChI=1S/C20H23N3O3/c1-13-9-15-11-17(26-19(15)10-14(13)2)12-22-6-3-16(4-7-22)23-8-5-18(21-23)20(24)25/h5,8-11,16H,3-4,6-7,12H2,1-2H3,(H,24,25). The minimum absolute atomic E-state index is 0.111. The van der Waals surface area contributed by atoms with E-state index < -0.39 is 5.97 Å². The molecule has 0 spiro atoms. The lowest BCUT2D eigenvalue weighted by molar-refractivity contribution is 0.0688. The van der Waals surface area contributed by atoms with E-state index in [1.54, 1.807) is 16.9 Å². The molecule has 1 saturated heterocycles. The van der Waals surface area contributed by atoms with Crippen LogP contribution in [0.5, 0.6) is 0 Å². The predicted octanol–water partition coefficient (Wildman–Crippen LogP) is 3.78. The number of aryl methyl sites for hydroxylation is 2. The highest BCUT2D eigenvalue weighted by Gasteiger charge is 2.23. The first-order chi connectivity index (χ1) is 12.5. The van der Waals surface area contributed by atoms with Crippen molar-refractivity contribution in [3.63, 3.8) is 0 Å². The van der Waals surface area contributed by atoms with E-state index in [0.717, 1.165) is 49.2 Å². The quantitative estimate of drug-likeness (QED) is 0.773. The summed E-state index contributed by atoms with van der Waals surface area (Å²) in [7, 11) is 0. The van der Waals surface area contributed by atoms with Crippen molar-refractivity contribution in [1.82, 2.24) is 14.7 Å². The van der Waals surface area contributed by atoms with Crippen LogP contribution in [0.15, 0.2) is 34.9 Å². The monoisotopic (exact) mass is 353 g/mol. The Labute approximate surface area is 152 Å². The van der Waals surface area contributed by atoms with Gasteiger partial charge in [0.05, 0.1) is 12.6 Å². The Morgan fingerprint density at radius 2 is 1.96 bits per heavy atom. The van der Waals surface area contributed by atoms with Gasteiger partial charge in [-0.15, -0.1) is 0 Å². The number of aromatic carboxylic acids is 1. The highest BCUT2D eigenvalue weighted by Crippen LogP contribution is 2.27. The normalized spacial score (nSPS) is 16.4. The van der Waals surface area contributed by atoms with Crippen LogP contribution in [-0.2, 0) is 6.54 Å². The summed E-state index contributed by atoms with van der Waals surface area (Å²) in [6.07, 6.45) is 3.69. The maximum atomic E-state index is 11.0. The average molecular weight is 353 g/mol. The largest absolute Gasteiger partial charge is 0.476 e. The molecule has 0 saturated carbocycles. The molecular weight excluding hydrogens is 330 g/mol. The molecule has 0 unspecified atom stereocenters. The molecule has 0 atom stereocenters. The summed E-state index contributed by atoms with van der Waals surface area (Å²) in [5, 5.41) is 14.3. The summed E-state index contributed by atoms with van der Waals surface area (Å²) >= 11 is 0. The van der Waals surface area contributed by atoms with E-state index in [0.29, 0.717) is 0 Å². The number of carboxylic acid groups (broad SMARTS) is 1. The number of carbonyl (C=O) groups is 1. The lowest BCUT2D eigenvalue weighted by Crippen LogP contribution is -2.34. The van der Waals surface area contributed by atoms with Gasteiger partial charge >= 0.3 is 5.97 Å². The molecule has 26 heavy (non-hydrogen) atoms. The molecule has 6 heteroatoms. The lowest BCUT2D eigenvalue weighted by Gasteiger charge is -2.31. The number of benzene rings is 1. The molecule has 2 aromatic heterocycles. The van der Waals surface area contributed by atoms with Crippen molar-refractivity contribution < 1.29 is 14.3 Å². The van der Waals surface area contributed by atoms with E-state index in [4.69, 9.17) is 9.52 Å². The molecule has 0 bridgehead atoms. The molecule has 1 fully saturated rings. The van der Waals surface area contributed by atoms with Gasteiger partial charge in [-0.05, 0) is 62.1 Å². The topological polar surface area (TPSA) is 71.5 Å². The van der Waals surface area contributed by atoms with Crippen molar-refractivity contribution in [3.05, 3.63) is 53.0 Å². The second kappa shape index (κ2) is 6.61. The summed E-state index contributed by atoms with van der Waals surface area (Å²) in [4.78, 5) is 13.4. The Bertz CT molecular complexity index is 910. The molecule has 3 heterocycles. The zero-order valence-electron chi connectivity index (χ0n) is 15.1. The molecule has 6 nitrogen and oxygen atoms in total. The number of likely N-dealkylation sites (tertiary alicyclic amines) is 1. The number of carboxylic acids is 1.